The summed E-state index contributed by atoms with van der Waals surface area (Å²) in [6.45, 7) is 2.85. The first-order valence-corrected chi connectivity index (χ1v) is 8.64. The summed E-state index contributed by atoms with van der Waals surface area (Å²) in [7, 11) is 1.70. The number of nitrogens with zero attached hydrogens (tertiary/aromatic N) is 3. The summed E-state index contributed by atoms with van der Waals surface area (Å²) in [5.41, 5.74) is 2.41. The van der Waals surface area contributed by atoms with Gasteiger partial charge < -0.3 is 9.64 Å². The highest BCUT2D eigenvalue weighted by Gasteiger charge is 2.30. The number of amides is 1. The Hall–Kier alpha value is -2.05. The van der Waals surface area contributed by atoms with Gasteiger partial charge in [0.05, 0.1) is 28.9 Å². The Balaban J connectivity index is 1.88. The van der Waals surface area contributed by atoms with E-state index in [1.54, 1.807) is 37.1 Å². The first-order chi connectivity index (χ1) is 11.9. The summed E-state index contributed by atoms with van der Waals surface area (Å²) in [6.07, 6.45) is 0.579. The van der Waals surface area contributed by atoms with Crippen LogP contribution < -0.4 is 0 Å². The molecule has 1 aromatic heterocycles. The molecule has 2 aromatic rings. The van der Waals surface area contributed by atoms with Gasteiger partial charge in [0.2, 0.25) is 0 Å². The van der Waals surface area contributed by atoms with Crippen molar-refractivity contribution in [2.24, 2.45) is 7.05 Å². The third-order valence-corrected chi connectivity index (χ3v) is 4.86. The number of fused-ring (bicyclic) bond motifs is 1. The molecule has 2 heterocycles. The summed E-state index contributed by atoms with van der Waals surface area (Å²) >= 11 is 11.9. The maximum atomic E-state index is 12.8. The van der Waals surface area contributed by atoms with E-state index in [0.29, 0.717) is 40.8 Å². The molecular formula is C17H17Cl2N3O3. The van der Waals surface area contributed by atoms with Gasteiger partial charge in [0.15, 0.2) is 5.69 Å². The zero-order chi connectivity index (χ0) is 18.1. The second-order valence-electron chi connectivity index (χ2n) is 5.72. The number of carbonyl (C=O) groups excluding carboxylic acids is 2. The Morgan fingerprint density at radius 1 is 1.28 bits per heavy atom. The Kier molecular flexibility index (Phi) is 5.01. The lowest BCUT2D eigenvalue weighted by Gasteiger charge is -2.27. The molecule has 0 aliphatic carbocycles. The number of aromatic nitrogens is 2. The minimum Gasteiger partial charge on any atom is -0.461 e. The molecule has 1 aromatic carbocycles. The molecular weight excluding hydrogens is 365 g/mol. The summed E-state index contributed by atoms with van der Waals surface area (Å²) in [6, 6.07) is 4.79. The first-order valence-electron chi connectivity index (χ1n) is 7.88. The lowest BCUT2D eigenvalue weighted by Crippen LogP contribution is -2.36. The van der Waals surface area contributed by atoms with Crippen molar-refractivity contribution in [1.82, 2.24) is 14.7 Å². The predicted molar refractivity (Wildman–Crippen MR) is 94.1 cm³/mol. The Morgan fingerprint density at radius 2 is 2.04 bits per heavy atom. The Labute approximate surface area is 155 Å². The van der Waals surface area contributed by atoms with E-state index in [9.17, 15) is 9.59 Å². The number of hydrogen-bond acceptors (Lipinski definition) is 4. The molecule has 6 nitrogen and oxygen atoms in total. The average Bonchev–Trinajstić information content (AvgIpc) is 2.91. The SMILES string of the molecule is CCOC(=O)c1c2c(nn1C)CCN(C(=O)c1ccc(Cl)c(Cl)c1)C2. The number of hydrogen-bond donors (Lipinski definition) is 0. The monoisotopic (exact) mass is 381 g/mol. The molecule has 1 aliphatic rings. The molecule has 0 atom stereocenters. The number of rotatable bonds is 3. The molecule has 0 radical (unpaired) electrons. The normalized spacial score (nSPS) is 13.5. The molecule has 1 aliphatic heterocycles. The van der Waals surface area contributed by atoms with Crippen LogP contribution in [0.25, 0.3) is 0 Å². The second kappa shape index (κ2) is 7.06. The zero-order valence-electron chi connectivity index (χ0n) is 13.9. The van der Waals surface area contributed by atoms with Gasteiger partial charge in [-0.1, -0.05) is 23.2 Å². The van der Waals surface area contributed by atoms with Gasteiger partial charge in [-0.25, -0.2) is 4.79 Å². The second-order valence-corrected chi connectivity index (χ2v) is 6.54. The van der Waals surface area contributed by atoms with E-state index in [1.807, 2.05) is 0 Å². The lowest BCUT2D eigenvalue weighted by molar-refractivity contribution is 0.0508. The highest BCUT2D eigenvalue weighted by molar-refractivity contribution is 6.42. The van der Waals surface area contributed by atoms with Crippen LogP contribution in [0.1, 0.15) is 39.0 Å². The highest BCUT2D eigenvalue weighted by Crippen LogP contribution is 2.26. The van der Waals surface area contributed by atoms with Crippen LogP contribution in [0.4, 0.5) is 0 Å². The van der Waals surface area contributed by atoms with Crippen molar-refractivity contribution in [2.45, 2.75) is 19.9 Å². The van der Waals surface area contributed by atoms with Crippen molar-refractivity contribution in [2.75, 3.05) is 13.2 Å². The van der Waals surface area contributed by atoms with Crippen molar-refractivity contribution in [3.05, 3.63) is 50.8 Å². The average molecular weight is 382 g/mol. The van der Waals surface area contributed by atoms with E-state index in [1.165, 1.54) is 4.68 Å². The van der Waals surface area contributed by atoms with E-state index in [0.717, 1.165) is 11.3 Å². The maximum Gasteiger partial charge on any atom is 0.356 e. The van der Waals surface area contributed by atoms with Crippen molar-refractivity contribution in [3.8, 4) is 0 Å². The molecule has 25 heavy (non-hydrogen) atoms. The van der Waals surface area contributed by atoms with Gasteiger partial charge in [-0.2, -0.15) is 5.10 Å². The number of aryl methyl sites for hydroxylation is 1. The van der Waals surface area contributed by atoms with Crippen LogP contribution in [0.3, 0.4) is 0 Å². The van der Waals surface area contributed by atoms with E-state index in [2.05, 4.69) is 5.10 Å². The van der Waals surface area contributed by atoms with E-state index < -0.39 is 5.97 Å². The fraction of sp³-hybridized carbons (Fsp3) is 0.353. The number of carbonyl (C=O) groups is 2. The maximum absolute atomic E-state index is 12.8. The summed E-state index contributed by atoms with van der Waals surface area (Å²) in [4.78, 5) is 26.6. The van der Waals surface area contributed by atoms with E-state index in [4.69, 9.17) is 27.9 Å². The standard InChI is InChI=1S/C17H17Cl2N3O3/c1-3-25-17(24)15-11-9-22(7-6-14(11)20-21(15)2)16(23)10-4-5-12(18)13(19)8-10/h4-5,8H,3,6-7,9H2,1-2H3. The molecule has 8 heteroatoms. The van der Waals surface area contributed by atoms with Crippen LogP contribution >= 0.6 is 23.2 Å². The van der Waals surface area contributed by atoms with Crippen molar-refractivity contribution < 1.29 is 14.3 Å². The minimum atomic E-state index is -0.428. The Morgan fingerprint density at radius 3 is 2.72 bits per heavy atom. The molecule has 3 rings (SSSR count). The number of halogens is 2. The summed E-state index contributed by atoms with van der Waals surface area (Å²) in [5.74, 6) is -0.592. The summed E-state index contributed by atoms with van der Waals surface area (Å²) in [5, 5.41) is 5.12. The van der Waals surface area contributed by atoms with Gasteiger partial charge in [0.25, 0.3) is 5.91 Å². The van der Waals surface area contributed by atoms with Crippen LogP contribution in [0.15, 0.2) is 18.2 Å². The molecule has 0 saturated carbocycles. The molecule has 1 amide bonds. The quantitative estimate of drug-likeness (QED) is 0.766. The molecule has 132 valence electrons. The van der Waals surface area contributed by atoms with Gasteiger partial charge in [-0.05, 0) is 25.1 Å². The van der Waals surface area contributed by atoms with Gasteiger partial charge in [-0.15, -0.1) is 0 Å². The third-order valence-electron chi connectivity index (χ3n) is 4.12. The Bertz CT molecular complexity index is 848. The fourth-order valence-corrected chi connectivity index (χ4v) is 3.24. The van der Waals surface area contributed by atoms with Crippen molar-refractivity contribution >= 4 is 35.1 Å². The predicted octanol–water partition coefficient (Wildman–Crippen LogP) is 3.10. The minimum absolute atomic E-state index is 0.164. The van der Waals surface area contributed by atoms with Crippen LogP contribution in [-0.2, 0) is 24.8 Å². The first kappa shape index (κ1) is 17.8. The van der Waals surface area contributed by atoms with Gasteiger partial charge in [0.1, 0.15) is 0 Å². The smallest absolute Gasteiger partial charge is 0.356 e. The zero-order valence-corrected chi connectivity index (χ0v) is 15.4. The molecule has 0 unspecified atom stereocenters. The van der Waals surface area contributed by atoms with Gasteiger partial charge in [0, 0.05) is 31.1 Å². The molecule has 0 N–H and O–H groups in total. The molecule has 0 saturated heterocycles. The summed E-state index contributed by atoms with van der Waals surface area (Å²) < 4.78 is 6.63. The van der Waals surface area contributed by atoms with Gasteiger partial charge >= 0.3 is 5.97 Å². The third kappa shape index (κ3) is 3.37. The highest BCUT2D eigenvalue weighted by atomic mass is 35.5. The van der Waals surface area contributed by atoms with Crippen molar-refractivity contribution in [3.63, 3.8) is 0 Å². The van der Waals surface area contributed by atoms with E-state index >= 15 is 0 Å². The van der Waals surface area contributed by atoms with Crippen molar-refractivity contribution in [1.29, 1.82) is 0 Å². The lowest BCUT2D eigenvalue weighted by atomic mass is 10.0. The number of esters is 1. The van der Waals surface area contributed by atoms with Crippen LogP contribution in [0.5, 0.6) is 0 Å². The van der Waals surface area contributed by atoms with E-state index in [-0.39, 0.29) is 12.5 Å². The largest absolute Gasteiger partial charge is 0.461 e. The number of ether oxygens (including phenoxy) is 1. The number of benzene rings is 1. The molecule has 0 spiro atoms. The van der Waals surface area contributed by atoms with Crippen LogP contribution in [0.2, 0.25) is 10.0 Å². The van der Waals surface area contributed by atoms with Crippen LogP contribution in [-0.4, -0.2) is 39.7 Å². The topological polar surface area (TPSA) is 64.4 Å². The van der Waals surface area contributed by atoms with Gasteiger partial charge in [-0.3, -0.25) is 9.48 Å². The van der Waals surface area contributed by atoms with Crippen LogP contribution in [0, 0.1) is 0 Å². The fourth-order valence-electron chi connectivity index (χ4n) is 2.94. The molecule has 0 bridgehead atoms. The molecule has 0 fully saturated rings.